The fourth-order valence-electron chi connectivity index (χ4n) is 0.544. The van der Waals surface area contributed by atoms with Gasteiger partial charge in [0.25, 0.3) is 0 Å². The Balaban J connectivity index is 3.62. The lowest BCUT2D eigenvalue weighted by Crippen LogP contribution is -2.06. The molecule has 0 aromatic rings. The lowest BCUT2D eigenvalue weighted by atomic mass is 10.1. The van der Waals surface area contributed by atoms with E-state index in [0.29, 0.717) is 12.0 Å². The second kappa shape index (κ2) is 4.17. The minimum absolute atomic E-state index is 0.483. The van der Waals surface area contributed by atoms with Gasteiger partial charge in [0.2, 0.25) is 0 Å². The summed E-state index contributed by atoms with van der Waals surface area (Å²) < 4.78 is 0. The Hall–Kier alpha value is -0.740. The molecule has 0 bridgehead atoms. The van der Waals surface area contributed by atoms with E-state index in [-0.39, 0.29) is 0 Å². The van der Waals surface area contributed by atoms with Crippen LogP contribution in [0, 0.1) is 12.3 Å². The minimum Gasteiger partial charge on any atom is -0.388 e. The van der Waals surface area contributed by atoms with Crippen LogP contribution in [0.15, 0.2) is 12.2 Å². The van der Waals surface area contributed by atoms with Crippen LogP contribution in [0.2, 0.25) is 0 Å². The number of hydrogen-bond acceptors (Lipinski definition) is 1. The van der Waals surface area contributed by atoms with Crippen LogP contribution in [0.4, 0.5) is 0 Å². The second-order valence-electron chi connectivity index (χ2n) is 1.97. The average Bonchev–Trinajstić information content (AvgIpc) is 1.87. The monoisotopic (exact) mass is 124 g/mol. The summed E-state index contributed by atoms with van der Waals surface area (Å²) in [6, 6.07) is 0. The van der Waals surface area contributed by atoms with Gasteiger partial charge in [-0.3, -0.25) is 0 Å². The SMILES string of the molecule is C#CC(=C)C(O)CCC. The quantitative estimate of drug-likeness (QED) is 0.563. The summed E-state index contributed by atoms with van der Waals surface area (Å²) in [6.45, 7) is 5.50. The van der Waals surface area contributed by atoms with Gasteiger partial charge < -0.3 is 5.11 Å². The highest BCUT2D eigenvalue weighted by atomic mass is 16.3. The van der Waals surface area contributed by atoms with E-state index in [0.717, 1.165) is 6.42 Å². The van der Waals surface area contributed by atoms with Gasteiger partial charge in [0, 0.05) is 5.57 Å². The molecule has 0 aliphatic rings. The molecule has 0 aliphatic carbocycles. The molecule has 0 rings (SSSR count). The number of hydrogen-bond donors (Lipinski definition) is 1. The maximum absolute atomic E-state index is 9.08. The molecule has 50 valence electrons. The van der Waals surface area contributed by atoms with Crippen LogP contribution in [-0.2, 0) is 0 Å². The molecular formula is C8H12O. The summed E-state index contributed by atoms with van der Waals surface area (Å²) in [7, 11) is 0. The van der Waals surface area contributed by atoms with Crippen molar-refractivity contribution >= 4 is 0 Å². The molecule has 0 fully saturated rings. The van der Waals surface area contributed by atoms with Gasteiger partial charge in [0.05, 0.1) is 6.10 Å². The van der Waals surface area contributed by atoms with Crippen LogP contribution in [0.25, 0.3) is 0 Å². The predicted octanol–water partition coefficient (Wildman–Crippen LogP) is 1.34. The molecule has 1 nitrogen and oxygen atoms in total. The summed E-state index contributed by atoms with van der Waals surface area (Å²) in [5, 5.41) is 9.08. The molecule has 0 aromatic heterocycles. The molecule has 0 aromatic carbocycles. The molecule has 0 saturated carbocycles. The van der Waals surface area contributed by atoms with Crippen LogP contribution >= 0.6 is 0 Å². The molecule has 1 heteroatoms. The molecule has 0 amide bonds. The molecule has 1 atom stereocenters. The van der Waals surface area contributed by atoms with E-state index >= 15 is 0 Å². The second-order valence-corrected chi connectivity index (χ2v) is 1.97. The third-order valence-electron chi connectivity index (χ3n) is 1.15. The Morgan fingerprint density at radius 1 is 1.89 bits per heavy atom. The Kier molecular flexibility index (Phi) is 3.83. The van der Waals surface area contributed by atoms with Crippen molar-refractivity contribution in [2.24, 2.45) is 0 Å². The van der Waals surface area contributed by atoms with Gasteiger partial charge in [0.1, 0.15) is 0 Å². The summed E-state index contributed by atoms with van der Waals surface area (Å²) in [6.07, 6.45) is 6.14. The maximum atomic E-state index is 9.08. The fraction of sp³-hybridized carbons (Fsp3) is 0.500. The average molecular weight is 124 g/mol. The van der Waals surface area contributed by atoms with Gasteiger partial charge in [-0.2, -0.15) is 0 Å². The highest BCUT2D eigenvalue weighted by Crippen LogP contribution is 2.03. The number of aliphatic hydroxyl groups is 1. The molecule has 1 unspecified atom stereocenters. The molecule has 0 saturated heterocycles. The number of aliphatic hydroxyl groups excluding tert-OH is 1. The fourth-order valence-corrected chi connectivity index (χ4v) is 0.544. The van der Waals surface area contributed by atoms with Gasteiger partial charge >= 0.3 is 0 Å². The van der Waals surface area contributed by atoms with Crippen LogP contribution < -0.4 is 0 Å². The summed E-state index contributed by atoms with van der Waals surface area (Å²) in [4.78, 5) is 0. The van der Waals surface area contributed by atoms with Gasteiger partial charge in [-0.05, 0) is 6.42 Å². The van der Waals surface area contributed by atoms with E-state index in [4.69, 9.17) is 11.5 Å². The lowest BCUT2D eigenvalue weighted by Gasteiger charge is -2.05. The zero-order valence-corrected chi connectivity index (χ0v) is 5.72. The van der Waals surface area contributed by atoms with Crippen molar-refractivity contribution in [3.8, 4) is 12.3 Å². The van der Waals surface area contributed by atoms with Crippen molar-refractivity contribution < 1.29 is 5.11 Å². The summed E-state index contributed by atoms with van der Waals surface area (Å²) in [5.41, 5.74) is 0.483. The van der Waals surface area contributed by atoms with Crippen molar-refractivity contribution in [2.75, 3.05) is 0 Å². The van der Waals surface area contributed by atoms with Crippen LogP contribution in [-0.4, -0.2) is 11.2 Å². The van der Waals surface area contributed by atoms with E-state index in [1.807, 2.05) is 6.92 Å². The highest BCUT2D eigenvalue weighted by Gasteiger charge is 2.02. The topological polar surface area (TPSA) is 20.2 Å². The highest BCUT2D eigenvalue weighted by molar-refractivity contribution is 5.25. The van der Waals surface area contributed by atoms with Crippen molar-refractivity contribution in [2.45, 2.75) is 25.9 Å². The van der Waals surface area contributed by atoms with E-state index in [1.165, 1.54) is 0 Å². The molecular weight excluding hydrogens is 112 g/mol. The molecule has 0 aliphatic heterocycles. The first kappa shape index (κ1) is 8.26. The van der Waals surface area contributed by atoms with Crippen molar-refractivity contribution in [3.05, 3.63) is 12.2 Å². The van der Waals surface area contributed by atoms with Crippen LogP contribution in [0.1, 0.15) is 19.8 Å². The standard InChI is InChI=1S/C8H12O/c1-4-6-8(9)7(3)5-2/h2,8-9H,3-4,6H2,1H3. The molecule has 1 N–H and O–H groups in total. The van der Waals surface area contributed by atoms with E-state index in [1.54, 1.807) is 0 Å². The maximum Gasteiger partial charge on any atom is 0.0861 e. The van der Waals surface area contributed by atoms with Crippen LogP contribution in [0.3, 0.4) is 0 Å². The molecule has 0 radical (unpaired) electrons. The van der Waals surface area contributed by atoms with Crippen molar-refractivity contribution in [1.29, 1.82) is 0 Å². The Morgan fingerprint density at radius 3 is 2.78 bits per heavy atom. The van der Waals surface area contributed by atoms with Gasteiger partial charge in [0.15, 0.2) is 0 Å². The zero-order chi connectivity index (χ0) is 7.28. The minimum atomic E-state index is -0.500. The first-order chi connectivity index (χ1) is 4.22. The molecule has 9 heavy (non-hydrogen) atoms. The summed E-state index contributed by atoms with van der Waals surface area (Å²) >= 11 is 0. The first-order valence-corrected chi connectivity index (χ1v) is 3.05. The predicted molar refractivity (Wildman–Crippen MR) is 38.9 cm³/mol. The summed E-state index contributed by atoms with van der Waals surface area (Å²) in [5.74, 6) is 2.31. The van der Waals surface area contributed by atoms with Gasteiger partial charge in [-0.1, -0.05) is 25.8 Å². The number of rotatable bonds is 3. The third kappa shape index (κ3) is 2.94. The zero-order valence-electron chi connectivity index (χ0n) is 5.72. The van der Waals surface area contributed by atoms with E-state index < -0.39 is 6.10 Å². The molecule has 0 heterocycles. The van der Waals surface area contributed by atoms with E-state index in [9.17, 15) is 0 Å². The number of terminal acetylenes is 1. The van der Waals surface area contributed by atoms with E-state index in [2.05, 4.69) is 12.5 Å². The smallest absolute Gasteiger partial charge is 0.0861 e. The lowest BCUT2D eigenvalue weighted by molar-refractivity contribution is 0.204. The van der Waals surface area contributed by atoms with Gasteiger partial charge in [-0.25, -0.2) is 0 Å². The normalized spacial score (nSPS) is 12.1. The van der Waals surface area contributed by atoms with Crippen molar-refractivity contribution in [3.63, 3.8) is 0 Å². The van der Waals surface area contributed by atoms with Crippen LogP contribution in [0.5, 0.6) is 0 Å². The van der Waals surface area contributed by atoms with Crippen molar-refractivity contribution in [1.82, 2.24) is 0 Å². The first-order valence-electron chi connectivity index (χ1n) is 3.05. The third-order valence-corrected chi connectivity index (χ3v) is 1.15. The largest absolute Gasteiger partial charge is 0.388 e. The Morgan fingerprint density at radius 2 is 2.44 bits per heavy atom. The Bertz CT molecular complexity index is 130. The molecule has 0 spiro atoms. The van der Waals surface area contributed by atoms with Gasteiger partial charge in [-0.15, -0.1) is 6.42 Å². The Labute approximate surface area is 56.4 Å².